The van der Waals surface area contributed by atoms with Crippen molar-refractivity contribution in [1.82, 2.24) is 15.1 Å². The van der Waals surface area contributed by atoms with Crippen molar-refractivity contribution >= 4 is 17.8 Å². The molecule has 1 fully saturated rings. The van der Waals surface area contributed by atoms with Crippen molar-refractivity contribution < 1.29 is 19.5 Å². The van der Waals surface area contributed by atoms with Gasteiger partial charge in [-0.1, -0.05) is 47.1 Å². The normalized spacial score (nSPS) is 20.5. The standard InChI is InChI=1S/C24H43N3O4/c1-15(2)19(14-17(5)23(30)31)26(9)22(29)20(24(6,7)8)25-21(28)18-12-10-11-13-27(18)16(3)4/h14-16,18-20H,10-13H2,1-9H3,(H,25,28)(H,30,31)/b17-14+/t18?,19-,20-/m0/s1. The van der Waals surface area contributed by atoms with Crippen LogP contribution in [0.2, 0.25) is 0 Å². The SMILES string of the molecule is C/C(=C\[C@@H](C(C)C)N(C)C(=O)[C@H](NC(=O)C1CCCCN1C(C)C)C(C)(C)C)C(=O)O. The van der Waals surface area contributed by atoms with E-state index in [9.17, 15) is 19.5 Å². The van der Waals surface area contributed by atoms with E-state index in [1.165, 1.54) is 6.92 Å². The molecule has 2 N–H and O–H groups in total. The van der Waals surface area contributed by atoms with Gasteiger partial charge in [0.1, 0.15) is 6.04 Å². The Morgan fingerprint density at radius 3 is 2.16 bits per heavy atom. The summed E-state index contributed by atoms with van der Waals surface area (Å²) < 4.78 is 0. The summed E-state index contributed by atoms with van der Waals surface area (Å²) in [5.41, 5.74) is -0.296. The second-order valence-corrected chi connectivity index (χ2v) is 10.5. The molecule has 1 saturated heterocycles. The van der Waals surface area contributed by atoms with Gasteiger partial charge in [0.25, 0.3) is 0 Å². The van der Waals surface area contributed by atoms with Gasteiger partial charge in [0, 0.05) is 18.7 Å². The van der Waals surface area contributed by atoms with Crippen molar-refractivity contribution in [1.29, 1.82) is 0 Å². The molecule has 0 aromatic rings. The molecular weight excluding hydrogens is 394 g/mol. The lowest BCUT2D eigenvalue weighted by Gasteiger charge is -2.41. The second kappa shape index (κ2) is 11.1. The van der Waals surface area contributed by atoms with Gasteiger partial charge in [0.05, 0.1) is 12.1 Å². The molecule has 0 spiro atoms. The summed E-state index contributed by atoms with van der Waals surface area (Å²) in [6, 6.07) is -1.06. The molecule has 7 nitrogen and oxygen atoms in total. The predicted molar refractivity (Wildman–Crippen MR) is 124 cm³/mol. The van der Waals surface area contributed by atoms with Crippen LogP contribution in [0.1, 0.15) is 74.7 Å². The third-order valence-corrected chi connectivity index (χ3v) is 6.15. The van der Waals surface area contributed by atoms with Crippen molar-refractivity contribution in [2.45, 2.75) is 98.8 Å². The molecule has 178 valence electrons. The predicted octanol–water partition coefficient (Wildman–Crippen LogP) is 3.29. The summed E-state index contributed by atoms with van der Waals surface area (Å²) in [6.45, 7) is 16.3. The van der Waals surface area contributed by atoms with E-state index in [1.807, 2.05) is 34.6 Å². The number of carbonyl (C=O) groups is 3. The van der Waals surface area contributed by atoms with E-state index in [4.69, 9.17) is 0 Å². The number of rotatable bonds is 8. The summed E-state index contributed by atoms with van der Waals surface area (Å²) in [5.74, 6) is -1.29. The van der Waals surface area contributed by atoms with E-state index in [0.29, 0.717) is 0 Å². The largest absolute Gasteiger partial charge is 0.478 e. The van der Waals surface area contributed by atoms with Crippen LogP contribution in [0.4, 0.5) is 0 Å². The molecule has 1 aliphatic heterocycles. The fraction of sp³-hybridized carbons (Fsp3) is 0.792. The number of carboxylic acid groups (broad SMARTS) is 1. The Hall–Kier alpha value is -1.89. The van der Waals surface area contributed by atoms with Crippen LogP contribution < -0.4 is 5.32 Å². The molecule has 3 atom stereocenters. The van der Waals surface area contributed by atoms with E-state index in [2.05, 4.69) is 24.1 Å². The topological polar surface area (TPSA) is 90.0 Å². The first-order valence-electron chi connectivity index (χ1n) is 11.4. The third-order valence-electron chi connectivity index (χ3n) is 6.15. The van der Waals surface area contributed by atoms with E-state index in [1.54, 1.807) is 18.0 Å². The van der Waals surface area contributed by atoms with Crippen molar-refractivity contribution in [3.8, 4) is 0 Å². The molecular formula is C24H43N3O4. The van der Waals surface area contributed by atoms with E-state index < -0.39 is 17.4 Å². The highest BCUT2D eigenvalue weighted by atomic mass is 16.4. The average molecular weight is 438 g/mol. The molecule has 7 heteroatoms. The molecule has 0 aromatic carbocycles. The van der Waals surface area contributed by atoms with Gasteiger partial charge in [-0.05, 0) is 51.5 Å². The number of aliphatic carboxylic acids is 1. The Morgan fingerprint density at radius 2 is 1.71 bits per heavy atom. The lowest BCUT2D eigenvalue weighted by molar-refractivity contribution is -0.142. The lowest BCUT2D eigenvalue weighted by atomic mass is 9.84. The molecule has 1 rings (SSSR count). The fourth-order valence-electron chi connectivity index (χ4n) is 4.17. The van der Waals surface area contributed by atoms with E-state index >= 15 is 0 Å². The summed E-state index contributed by atoms with van der Waals surface area (Å²) in [6.07, 6.45) is 4.50. The first-order chi connectivity index (χ1) is 14.2. The maximum absolute atomic E-state index is 13.5. The first-order valence-corrected chi connectivity index (χ1v) is 11.4. The highest BCUT2D eigenvalue weighted by molar-refractivity contribution is 5.91. The van der Waals surface area contributed by atoms with Crippen LogP contribution >= 0.6 is 0 Å². The van der Waals surface area contributed by atoms with Crippen LogP contribution in [-0.2, 0) is 14.4 Å². The first kappa shape index (κ1) is 27.1. The van der Waals surface area contributed by atoms with Gasteiger partial charge in [-0.25, -0.2) is 4.79 Å². The van der Waals surface area contributed by atoms with E-state index in [-0.39, 0.29) is 41.4 Å². The maximum Gasteiger partial charge on any atom is 0.331 e. The number of nitrogens with zero attached hydrogens (tertiary/aromatic N) is 2. The molecule has 1 heterocycles. The number of likely N-dealkylation sites (N-methyl/N-ethyl adjacent to an activating group) is 1. The maximum atomic E-state index is 13.5. The number of carbonyl (C=O) groups excluding carboxylic acids is 2. The molecule has 0 saturated carbocycles. The Kier molecular flexibility index (Phi) is 9.73. The van der Waals surface area contributed by atoms with Gasteiger partial charge in [-0.3, -0.25) is 14.5 Å². The van der Waals surface area contributed by atoms with Crippen LogP contribution in [-0.4, -0.2) is 70.4 Å². The summed E-state index contributed by atoms with van der Waals surface area (Å²) in [4.78, 5) is 41.9. The smallest absolute Gasteiger partial charge is 0.331 e. The van der Waals surface area contributed by atoms with Crippen molar-refractivity contribution in [2.24, 2.45) is 11.3 Å². The average Bonchev–Trinajstić information content (AvgIpc) is 2.67. The molecule has 1 unspecified atom stereocenters. The molecule has 1 aliphatic rings. The minimum absolute atomic E-state index is 0.0225. The Morgan fingerprint density at radius 1 is 1.13 bits per heavy atom. The molecule has 31 heavy (non-hydrogen) atoms. The Bertz CT molecular complexity index is 679. The zero-order chi connectivity index (χ0) is 24.1. The highest BCUT2D eigenvalue weighted by Gasteiger charge is 2.39. The monoisotopic (exact) mass is 437 g/mol. The Labute approximate surface area is 188 Å². The van der Waals surface area contributed by atoms with Crippen LogP contribution in [0.15, 0.2) is 11.6 Å². The van der Waals surface area contributed by atoms with Gasteiger partial charge in [0.2, 0.25) is 11.8 Å². The number of nitrogens with one attached hydrogen (secondary N) is 1. The van der Waals surface area contributed by atoms with Crippen molar-refractivity contribution in [3.63, 3.8) is 0 Å². The summed E-state index contributed by atoms with van der Waals surface area (Å²) >= 11 is 0. The highest BCUT2D eigenvalue weighted by Crippen LogP contribution is 2.25. The van der Waals surface area contributed by atoms with Crippen molar-refractivity contribution in [3.05, 3.63) is 11.6 Å². The summed E-state index contributed by atoms with van der Waals surface area (Å²) in [5, 5.41) is 12.3. The van der Waals surface area contributed by atoms with Gasteiger partial charge in [0.15, 0.2) is 0 Å². The van der Waals surface area contributed by atoms with Crippen LogP contribution in [0.25, 0.3) is 0 Å². The van der Waals surface area contributed by atoms with Gasteiger partial charge >= 0.3 is 5.97 Å². The van der Waals surface area contributed by atoms with Crippen LogP contribution in [0.3, 0.4) is 0 Å². The Balaban J connectivity index is 3.15. The number of hydrogen-bond donors (Lipinski definition) is 2. The lowest BCUT2D eigenvalue weighted by Crippen LogP contribution is -2.60. The minimum atomic E-state index is -1.00. The van der Waals surface area contributed by atoms with Gasteiger partial charge < -0.3 is 15.3 Å². The quantitative estimate of drug-likeness (QED) is 0.569. The van der Waals surface area contributed by atoms with Crippen molar-refractivity contribution in [2.75, 3.05) is 13.6 Å². The molecule has 0 bridgehead atoms. The van der Waals surface area contributed by atoms with Crippen LogP contribution in [0, 0.1) is 11.3 Å². The molecule has 0 aliphatic carbocycles. The third kappa shape index (κ3) is 7.34. The minimum Gasteiger partial charge on any atom is -0.478 e. The molecule has 0 aromatic heterocycles. The zero-order valence-electron chi connectivity index (χ0n) is 20.9. The number of hydrogen-bond acceptors (Lipinski definition) is 4. The molecule has 0 radical (unpaired) electrons. The van der Waals surface area contributed by atoms with Gasteiger partial charge in [-0.2, -0.15) is 0 Å². The number of amides is 2. The second-order valence-electron chi connectivity index (χ2n) is 10.5. The van der Waals surface area contributed by atoms with Crippen LogP contribution in [0.5, 0.6) is 0 Å². The number of carboxylic acids is 1. The molecule has 2 amide bonds. The number of likely N-dealkylation sites (tertiary alicyclic amines) is 1. The number of piperidine rings is 1. The van der Waals surface area contributed by atoms with Gasteiger partial charge in [-0.15, -0.1) is 0 Å². The van der Waals surface area contributed by atoms with E-state index in [0.717, 1.165) is 25.8 Å². The zero-order valence-corrected chi connectivity index (χ0v) is 20.9. The summed E-state index contributed by atoms with van der Waals surface area (Å²) in [7, 11) is 1.69. The fourth-order valence-corrected chi connectivity index (χ4v) is 4.17.